The monoisotopic (exact) mass is 468 g/mol. The third-order valence-corrected chi connectivity index (χ3v) is 6.15. The van der Waals surface area contributed by atoms with E-state index in [4.69, 9.17) is 4.74 Å². The van der Waals surface area contributed by atoms with E-state index in [2.05, 4.69) is 15.0 Å². The highest BCUT2D eigenvalue weighted by molar-refractivity contribution is 7.91. The van der Waals surface area contributed by atoms with Gasteiger partial charge < -0.3 is 9.30 Å². The van der Waals surface area contributed by atoms with Crippen molar-refractivity contribution >= 4 is 20.9 Å². The first-order valence-corrected chi connectivity index (χ1v) is 10.1. The maximum absolute atomic E-state index is 13.1. The van der Waals surface area contributed by atoms with Crippen LogP contribution < -0.4 is 4.74 Å². The van der Waals surface area contributed by atoms with Crippen molar-refractivity contribution < 1.29 is 39.5 Å². The number of rotatable bonds is 4. The number of methoxy groups -OCH3 is 1. The summed E-state index contributed by atoms with van der Waals surface area (Å²) in [7, 11) is -1.80. The van der Waals surface area contributed by atoms with Crippen molar-refractivity contribution in [3.63, 3.8) is 0 Å². The Kier molecular flexibility index (Phi) is 5.40. The molecular formula is C17H14F6N4O3S. The predicted octanol–water partition coefficient (Wildman–Crippen LogP) is 3.87. The molecule has 0 amide bonds. The van der Waals surface area contributed by atoms with Crippen LogP contribution in [0.15, 0.2) is 23.2 Å². The van der Waals surface area contributed by atoms with Gasteiger partial charge >= 0.3 is 12.4 Å². The first-order valence-electron chi connectivity index (χ1n) is 8.49. The van der Waals surface area contributed by atoms with Gasteiger partial charge in [0.15, 0.2) is 21.4 Å². The maximum atomic E-state index is 13.1. The van der Waals surface area contributed by atoms with E-state index in [1.165, 1.54) is 14.0 Å². The summed E-state index contributed by atoms with van der Waals surface area (Å²) >= 11 is 0. The molecule has 14 heteroatoms. The molecule has 0 bridgehead atoms. The summed E-state index contributed by atoms with van der Waals surface area (Å²) in [4.78, 5) is 10.3. The van der Waals surface area contributed by atoms with Crippen LogP contribution in [0, 0.1) is 0 Å². The summed E-state index contributed by atoms with van der Waals surface area (Å²) in [6.07, 6.45) is -9.24. The third-order valence-electron chi connectivity index (χ3n) is 4.41. The van der Waals surface area contributed by atoms with Crippen molar-refractivity contribution in [3.8, 4) is 17.4 Å². The minimum absolute atomic E-state index is 0.0213. The van der Waals surface area contributed by atoms with Crippen molar-refractivity contribution in [1.82, 2.24) is 19.5 Å². The summed E-state index contributed by atoms with van der Waals surface area (Å²) < 4.78 is 110. The number of hydrogen-bond acceptors (Lipinski definition) is 6. The molecule has 0 unspecified atom stereocenters. The minimum atomic E-state index is -4.86. The highest BCUT2D eigenvalue weighted by Gasteiger charge is 2.36. The molecule has 0 radical (unpaired) electrons. The number of sulfone groups is 1. The van der Waals surface area contributed by atoms with E-state index in [9.17, 15) is 34.8 Å². The van der Waals surface area contributed by atoms with E-state index < -0.39 is 55.7 Å². The fraction of sp³-hybridized carbons (Fsp3) is 0.353. The van der Waals surface area contributed by atoms with E-state index >= 15 is 0 Å². The molecule has 3 aromatic rings. The number of halogens is 6. The largest absolute Gasteiger partial charge is 0.479 e. The normalized spacial score (nSPS) is 13.1. The second-order valence-electron chi connectivity index (χ2n) is 6.35. The van der Waals surface area contributed by atoms with Crippen molar-refractivity contribution in [1.29, 1.82) is 0 Å². The first kappa shape index (κ1) is 22.8. The Morgan fingerprint density at radius 3 is 2.23 bits per heavy atom. The molecule has 0 spiro atoms. The van der Waals surface area contributed by atoms with Gasteiger partial charge in [0, 0.05) is 13.2 Å². The Bertz CT molecular complexity index is 1270. The summed E-state index contributed by atoms with van der Waals surface area (Å²) in [5, 5.41) is 0. The van der Waals surface area contributed by atoms with Crippen LogP contribution in [-0.4, -0.2) is 40.8 Å². The second kappa shape index (κ2) is 7.35. The van der Waals surface area contributed by atoms with Crippen molar-refractivity contribution in [3.05, 3.63) is 29.6 Å². The summed E-state index contributed by atoms with van der Waals surface area (Å²) in [6, 6.07) is 1.05. The van der Waals surface area contributed by atoms with E-state index in [-0.39, 0.29) is 16.9 Å². The molecule has 0 saturated carbocycles. The van der Waals surface area contributed by atoms with Gasteiger partial charge in [0.1, 0.15) is 11.2 Å². The zero-order valence-electron chi connectivity index (χ0n) is 16.1. The quantitative estimate of drug-likeness (QED) is 0.541. The van der Waals surface area contributed by atoms with Crippen molar-refractivity contribution in [2.75, 3.05) is 12.9 Å². The number of aryl methyl sites for hydroxylation is 1. The number of pyridine rings is 2. The molecule has 0 aliphatic carbocycles. The molecule has 0 aliphatic heterocycles. The number of aromatic nitrogens is 4. The van der Waals surface area contributed by atoms with Crippen LogP contribution in [0.25, 0.3) is 22.6 Å². The molecule has 168 valence electrons. The van der Waals surface area contributed by atoms with Gasteiger partial charge in [-0.1, -0.05) is 6.92 Å². The summed E-state index contributed by atoms with van der Waals surface area (Å²) in [5.74, 6) is -1.25. The molecule has 3 rings (SSSR count). The predicted molar refractivity (Wildman–Crippen MR) is 96.0 cm³/mol. The van der Waals surface area contributed by atoms with Gasteiger partial charge in [0.05, 0.1) is 28.8 Å². The Hall–Kier alpha value is -2.90. The number of nitrogens with zero attached hydrogens (tertiary/aromatic N) is 4. The molecule has 31 heavy (non-hydrogen) atoms. The van der Waals surface area contributed by atoms with Gasteiger partial charge in [-0.15, -0.1) is 0 Å². The number of alkyl halides is 6. The van der Waals surface area contributed by atoms with Crippen LogP contribution in [0.4, 0.5) is 26.3 Å². The lowest BCUT2D eigenvalue weighted by atomic mass is 10.2. The van der Waals surface area contributed by atoms with E-state index in [1.807, 2.05) is 0 Å². The van der Waals surface area contributed by atoms with E-state index in [0.717, 1.165) is 11.7 Å². The fourth-order valence-electron chi connectivity index (χ4n) is 2.86. The van der Waals surface area contributed by atoms with Gasteiger partial charge in [-0.2, -0.15) is 26.3 Å². The van der Waals surface area contributed by atoms with Crippen molar-refractivity contribution in [2.24, 2.45) is 7.05 Å². The average Bonchev–Trinajstić information content (AvgIpc) is 3.02. The number of hydrogen-bond donors (Lipinski definition) is 0. The molecule has 7 nitrogen and oxygen atoms in total. The Morgan fingerprint density at radius 1 is 1.06 bits per heavy atom. The van der Waals surface area contributed by atoms with Gasteiger partial charge in [-0.3, -0.25) is 4.98 Å². The van der Waals surface area contributed by atoms with Crippen LogP contribution in [-0.2, 0) is 29.2 Å². The van der Waals surface area contributed by atoms with Gasteiger partial charge in [-0.05, 0) is 12.1 Å². The SMILES string of the molecule is CCS(=O)(=O)c1cc(C(F)(F)F)cnc1-c1nc2cc(C(F)(F)F)nc(OC)c2n1C. The number of fused-ring (bicyclic) bond motifs is 1. The van der Waals surface area contributed by atoms with Gasteiger partial charge in [0.2, 0.25) is 5.88 Å². The number of ether oxygens (including phenoxy) is 1. The summed E-state index contributed by atoms with van der Waals surface area (Å²) in [6.45, 7) is 1.23. The lowest BCUT2D eigenvalue weighted by molar-refractivity contribution is -0.141. The molecule has 0 aliphatic rings. The number of imidazole rings is 1. The smallest absolute Gasteiger partial charge is 0.433 e. The Morgan fingerprint density at radius 2 is 1.71 bits per heavy atom. The molecule has 3 heterocycles. The lowest BCUT2D eigenvalue weighted by Crippen LogP contribution is -2.13. The van der Waals surface area contributed by atoms with Crippen LogP contribution >= 0.6 is 0 Å². The van der Waals surface area contributed by atoms with E-state index in [0.29, 0.717) is 18.3 Å². The zero-order chi connectivity index (χ0) is 23.4. The zero-order valence-corrected chi connectivity index (χ0v) is 16.9. The second-order valence-corrected chi connectivity index (χ2v) is 8.60. The average molecular weight is 468 g/mol. The van der Waals surface area contributed by atoms with Gasteiger partial charge in [0.25, 0.3) is 0 Å². The highest BCUT2D eigenvalue weighted by atomic mass is 32.2. The highest BCUT2D eigenvalue weighted by Crippen LogP contribution is 2.37. The molecule has 0 saturated heterocycles. The molecule has 0 atom stereocenters. The van der Waals surface area contributed by atoms with Crippen LogP contribution in [0.5, 0.6) is 5.88 Å². The fourth-order valence-corrected chi connectivity index (χ4v) is 3.91. The molecule has 0 fully saturated rings. The third kappa shape index (κ3) is 4.03. The van der Waals surface area contributed by atoms with Gasteiger partial charge in [-0.25, -0.2) is 18.4 Å². The maximum Gasteiger partial charge on any atom is 0.433 e. The molecule has 0 aromatic carbocycles. The lowest BCUT2D eigenvalue weighted by Gasteiger charge is -2.13. The molecule has 3 aromatic heterocycles. The standard InChI is InChI=1S/C17H14F6N4O3S/c1-4-31(28,29)10-5-8(16(18,19)20)7-24-12(10)14-25-9-6-11(17(21,22)23)26-15(30-3)13(9)27(14)2/h5-7H,4H2,1-3H3. The van der Waals surface area contributed by atoms with E-state index in [1.54, 1.807) is 0 Å². The summed E-state index contributed by atoms with van der Waals surface area (Å²) in [5.41, 5.74) is -3.31. The van der Waals surface area contributed by atoms with Crippen molar-refractivity contribution in [2.45, 2.75) is 24.2 Å². The Balaban J connectivity index is 2.37. The minimum Gasteiger partial charge on any atom is -0.479 e. The first-order chi connectivity index (χ1) is 14.2. The van der Waals surface area contributed by atoms with Crippen LogP contribution in [0.2, 0.25) is 0 Å². The van der Waals surface area contributed by atoms with Crippen LogP contribution in [0.1, 0.15) is 18.2 Å². The Labute approximate surface area is 171 Å². The van der Waals surface area contributed by atoms with Crippen LogP contribution in [0.3, 0.4) is 0 Å². The molecular weight excluding hydrogens is 454 g/mol. The molecule has 0 N–H and O–H groups in total. The topological polar surface area (TPSA) is 87.0 Å².